The lowest BCUT2D eigenvalue weighted by atomic mass is 9.83. The number of ether oxygens (including phenoxy) is 3. The van der Waals surface area contributed by atoms with Crippen molar-refractivity contribution in [3.05, 3.63) is 17.8 Å². The van der Waals surface area contributed by atoms with E-state index in [1.165, 1.54) is 7.11 Å². The second kappa shape index (κ2) is 6.54. The van der Waals surface area contributed by atoms with E-state index < -0.39 is 5.60 Å². The van der Waals surface area contributed by atoms with Crippen molar-refractivity contribution in [2.75, 3.05) is 26.8 Å². The average Bonchev–Trinajstić information content (AvgIpc) is 2.61. The third kappa shape index (κ3) is 2.95. The van der Waals surface area contributed by atoms with Gasteiger partial charge in [0, 0.05) is 38.4 Å². The third-order valence-electron chi connectivity index (χ3n) is 4.45. The minimum Gasteiger partial charge on any atom is -0.484 e. The van der Waals surface area contributed by atoms with Crippen molar-refractivity contribution in [2.24, 2.45) is 5.16 Å². The Morgan fingerprint density at radius 2 is 2.21 bits per heavy atom. The second-order valence-corrected chi connectivity index (χ2v) is 5.89. The monoisotopic (exact) mass is 335 g/mol. The molecule has 0 aromatic carbocycles. The SMILES string of the molecule is CCOC(=O)N1CCC2(CC1)C/C(=N\O)c1nc(OC)ccc1O2. The van der Waals surface area contributed by atoms with Crippen LogP contribution in [0.2, 0.25) is 0 Å². The number of nitrogens with zero attached hydrogens (tertiary/aromatic N) is 3. The van der Waals surface area contributed by atoms with Gasteiger partial charge in [-0.05, 0) is 13.0 Å². The molecule has 8 heteroatoms. The van der Waals surface area contributed by atoms with E-state index in [1.807, 2.05) is 0 Å². The van der Waals surface area contributed by atoms with Gasteiger partial charge in [-0.3, -0.25) is 0 Å². The van der Waals surface area contributed by atoms with Crippen LogP contribution in [0.15, 0.2) is 17.3 Å². The summed E-state index contributed by atoms with van der Waals surface area (Å²) in [5, 5.41) is 12.8. The molecule has 3 heterocycles. The van der Waals surface area contributed by atoms with Crippen molar-refractivity contribution < 1.29 is 24.2 Å². The highest BCUT2D eigenvalue weighted by Gasteiger charge is 2.44. The third-order valence-corrected chi connectivity index (χ3v) is 4.45. The summed E-state index contributed by atoms with van der Waals surface area (Å²) < 4.78 is 16.3. The minimum absolute atomic E-state index is 0.300. The summed E-state index contributed by atoms with van der Waals surface area (Å²) in [7, 11) is 1.53. The van der Waals surface area contributed by atoms with Crippen LogP contribution in [-0.2, 0) is 4.74 Å². The van der Waals surface area contributed by atoms with E-state index in [4.69, 9.17) is 14.2 Å². The van der Waals surface area contributed by atoms with Crippen molar-refractivity contribution in [3.63, 3.8) is 0 Å². The summed E-state index contributed by atoms with van der Waals surface area (Å²) in [6.07, 6.45) is 1.41. The van der Waals surface area contributed by atoms with Crippen molar-refractivity contribution >= 4 is 11.8 Å². The number of piperidine rings is 1. The van der Waals surface area contributed by atoms with Gasteiger partial charge in [0.25, 0.3) is 0 Å². The lowest BCUT2D eigenvalue weighted by molar-refractivity contribution is 0.00111. The molecule has 1 amide bonds. The number of likely N-dealkylation sites (tertiary alicyclic amines) is 1. The number of carbonyl (C=O) groups is 1. The maximum absolute atomic E-state index is 11.8. The van der Waals surface area contributed by atoms with Gasteiger partial charge in [0.1, 0.15) is 22.8 Å². The summed E-state index contributed by atoms with van der Waals surface area (Å²) in [5.41, 5.74) is 0.475. The summed E-state index contributed by atoms with van der Waals surface area (Å²) in [6, 6.07) is 3.48. The van der Waals surface area contributed by atoms with E-state index in [0.29, 0.717) is 62.0 Å². The number of methoxy groups -OCH3 is 1. The van der Waals surface area contributed by atoms with Gasteiger partial charge in [-0.1, -0.05) is 5.16 Å². The fourth-order valence-electron chi connectivity index (χ4n) is 3.16. The van der Waals surface area contributed by atoms with Crippen LogP contribution in [0.1, 0.15) is 31.9 Å². The number of pyridine rings is 1. The maximum atomic E-state index is 11.8. The largest absolute Gasteiger partial charge is 0.484 e. The van der Waals surface area contributed by atoms with Gasteiger partial charge in [0.05, 0.1) is 13.7 Å². The van der Waals surface area contributed by atoms with Crippen molar-refractivity contribution in [3.8, 4) is 11.6 Å². The number of amides is 1. The Kier molecular flexibility index (Phi) is 4.46. The molecule has 1 fully saturated rings. The number of oxime groups is 1. The molecule has 130 valence electrons. The van der Waals surface area contributed by atoms with Crippen LogP contribution >= 0.6 is 0 Å². The Bertz CT molecular complexity index is 653. The smallest absolute Gasteiger partial charge is 0.409 e. The van der Waals surface area contributed by atoms with Crippen LogP contribution in [0, 0.1) is 0 Å². The predicted octanol–water partition coefficient (Wildman–Crippen LogP) is 2.04. The van der Waals surface area contributed by atoms with Crippen molar-refractivity contribution in [2.45, 2.75) is 31.8 Å². The Morgan fingerprint density at radius 3 is 2.83 bits per heavy atom. The molecule has 0 aliphatic carbocycles. The molecule has 1 aromatic heterocycles. The Morgan fingerprint density at radius 1 is 1.46 bits per heavy atom. The van der Waals surface area contributed by atoms with Crippen LogP contribution in [-0.4, -0.2) is 59.3 Å². The maximum Gasteiger partial charge on any atom is 0.409 e. The fourth-order valence-corrected chi connectivity index (χ4v) is 3.16. The lowest BCUT2D eigenvalue weighted by Crippen LogP contribution is -2.52. The summed E-state index contributed by atoms with van der Waals surface area (Å²) in [5.74, 6) is 1.01. The van der Waals surface area contributed by atoms with E-state index >= 15 is 0 Å². The molecule has 2 aliphatic rings. The number of rotatable bonds is 2. The van der Waals surface area contributed by atoms with Crippen LogP contribution in [0.5, 0.6) is 11.6 Å². The zero-order chi connectivity index (χ0) is 17.2. The van der Waals surface area contributed by atoms with Gasteiger partial charge < -0.3 is 24.3 Å². The van der Waals surface area contributed by atoms with Gasteiger partial charge in [-0.25, -0.2) is 9.78 Å². The van der Waals surface area contributed by atoms with Gasteiger partial charge in [0.15, 0.2) is 0 Å². The average molecular weight is 335 g/mol. The number of fused-ring (bicyclic) bond motifs is 1. The van der Waals surface area contributed by atoms with Crippen molar-refractivity contribution in [1.29, 1.82) is 0 Å². The number of aromatic nitrogens is 1. The van der Waals surface area contributed by atoms with E-state index in [1.54, 1.807) is 24.0 Å². The normalized spacial score (nSPS) is 20.4. The van der Waals surface area contributed by atoms with Crippen molar-refractivity contribution in [1.82, 2.24) is 9.88 Å². The first-order valence-corrected chi connectivity index (χ1v) is 7.98. The first-order valence-electron chi connectivity index (χ1n) is 7.98. The molecule has 0 saturated carbocycles. The second-order valence-electron chi connectivity index (χ2n) is 5.89. The molecule has 1 N–H and O–H groups in total. The quantitative estimate of drug-likeness (QED) is 0.657. The minimum atomic E-state index is -0.492. The standard InChI is InChI=1S/C16H21N3O5/c1-3-23-15(20)19-8-6-16(7-9-19)10-11(18-21)14-12(24-16)4-5-13(17-14)22-2/h4-5,21H,3,6-10H2,1-2H3/b18-11+. The van der Waals surface area contributed by atoms with Crippen LogP contribution in [0.25, 0.3) is 0 Å². The van der Waals surface area contributed by atoms with Gasteiger partial charge in [-0.2, -0.15) is 0 Å². The Labute approximate surface area is 140 Å². The molecule has 3 rings (SSSR count). The highest BCUT2D eigenvalue weighted by Crippen LogP contribution is 2.39. The summed E-state index contributed by atoms with van der Waals surface area (Å²) >= 11 is 0. The molecule has 1 saturated heterocycles. The molecule has 0 unspecified atom stereocenters. The number of hydrogen-bond acceptors (Lipinski definition) is 7. The zero-order valence-corrected chi connectivity index (χ0v) is 13.8. The van der Waals surface area contributed by atoms with Crippen LogP contribution in [0.4, 0.5) is 4.79 Å². The van der Waals surface area contributed by atoms with E-state index in [0.717, 1.165) is 0 Å². The van der Waals surface area contributed by atoms with Gasteiger partial charge >= 0.3 is 6.09 Å². The van der Waals surface area contributed by atoms with E-state index in [9.17, 15) is 10.0 Å². The molecule has 8 nitrogen and oxygen atoms in total. The Hall–Kier alpha value is -2.51. The fraction of sp³-hybridized carbons (Fsp3) is 0.562. The highest BCUT2D eigenvalue weighted by atomic mass is 16.6. The highest BCUT2D eigenvalue weighted by molar-refractivity contribution is 6.02. The molecule has 0 radical (unpaired) electrons. The summed E-state index contributed by atoms with van der Waals surface area (Å²) in [4.78, 5) is 17.8. The molecule has 2 aliphatic heterocycles. The first kappa shape index (κ1) is 16.4. The molecule has 24 heavy (non-hydrogen) atoms. The van der Waals surface area contributed by atoms with Crippen LogP contribution < -0.4 is 9.47 Å². The Balaban J connectivity index is 1.78. The summed E-state index contributed by atoms with van der Waals surface area (Å²) in [6.45, 7) is 3.22. The lowest BCUT2D eigenvalue weighted by Gasteiger charge is -2.43. The van der Waals surface area contributed by atoms with Crippen LogP contribution in [0.3, 0.4) is 0 Å². The number of hydrogen-bond donors (Lipinski definition) is 1. The van der Waals surface area contributed by atoms with Gasteiger partial charge in [0.2, 0.25) is 5.88 Å². The molecular weight excluding hydrogens is 314 g/mol. The number of carbonyl (C=O) groups excluding carboxylic acids is 1. The predicted molar refractivity (Wildman–Crippen MR) is 84.9 cm³/mol. The van der Waals surface area contributed by atoms with Gasteiger partial charge in [-0.15, -0.1) is 0 Å². The zero-order valence-electron chi connectivity index (χ0n) is 13.8. The molecule has 1 spiro atoms. The first-order chi connectivity index (χ1) is 11.6. The molecule has 0 bridgehead atoms. The van der Waals surface area contributed by atoms with E-state index in [2.05, 4.69) is 10.1 Å². The molecule has 1 aromatic rings. The molecular formula is C16H21N3O5. The van der Waals surface area contributed by atoms with E-state index in [-0.39, 0.29) is 6.09 Å². The molecule has 0 atom stereocenters. The topological polar surface area (TPSA) is 93.5 Å².